The number of benzene rings is 2. The molecule has 1 heterocycles. The minimum Gasteiger partial charge on any atom is -0.497 e. The van der Waals surface area contributed by atoms with Gasteiger partial charge >= 0.3 is 6.03 Å². The van der Waals surface area contributed by atoms with Gasteiger partial charge in [-0.25, -0.2) is 4.79 Å². The van der Waals surface area contributed by atoms with Crippen LogP contribution in [0.1, 0.15) is 18.1 Å². The summed E-state index contributed by atoms with van der Waals surface area (Å²) in [5.41, 5.74) is 2.52. The fourth-order valence-electron chi connectivity index (χ4n) is 3.09. The van der Waals surface area contributed by atoms with Crippen LogP contribution in [-0.4, -0.2) is 37.1 Å². The minimum atomic E-state index is -0.554. The zero-order valence-electron chi connectivity index (χ0n) is 15.4. The van der Waals surface area contributed by atoms with Crippen LogP contribution in [0.5, 0.6) is 11.5 Å². The number of nitrogens with zero attached hydrogens (tertiary/aromatic N) is 2. The third-order valence-corrected chi connectivity index (χ3v) is 4.58. The summed E-state index contributed by atoms with van der Waals surface area (Å²) in [5.74, 6) is 1.01. The predicted octanol–water partition coefficient (Wildman–Crippen LogP) is 3.37. The molecular formula is C20H22N2O4. The van der Waals surface area contributed by atoms with E-state index in [0.717, 1.165) is 5.56 Å². The Kier molecular flexibility index (Phi) is 4.84. The lowest BCUT2D eigenvalue weighted by Gasteiger charge is -2.20. The third kappa shape index (κ3) is 3.10. The van der Waals surface area contributed by atoms with Crippen LogP contribution < -0.4 is 14.4 Å². The van der Waals surface area contributed by atoms with Crippen molar-refractivity contribution >= 4 is 17.6 Å². The van der Waals surface area contributed by atoms with E-state index in [2.05, 4.69) is 0 Å². The number of carbonyl (C=O) groups is 2. The second-order valence-corrected chi connectivity index (χ2v) is 6.27. The molecule has 0 unspecified atom stereocenters. The summed E-state index contributed by atoms with van der Waals surface area (Å²) >= 11 is 0. The number of aryl methyl sites for hydroxylation is 1. The molecule has 1 saturated heterocycles. The highest BCUT2D eigenvalue weighted by Gasteiger charge is 2.43. The van der Waals surface area contributed by atoms with Gasteiger partial charge in [0.25, 0.3) is 5.91 Å². The van der Waals surface area contributed by atoms with E-state index in [1.807, 2.05) is 31.2 Å². The maximum Gasteiger partial charge on any atom is 0.332 e. The van der Waals surface area contributed by atoms with Crippen molar-refractivity contribution < 1.29 is 19.1 Å². The van der Waals surface area contributed by atoms with E-state index < -0.39 is 6.04 Å². The lowest BCUT2D eigenvalue weighted by Crippen LogP contribution is -2.33. The highest BCUT2D eigenvalue weighted by Crippen LogP contribution is 2.30. The predicted molar refractivity (Wildman–Crippen MR) is 98.6 cm³/mol. The molecule has 0 aromatic heterocycles. The quantitative estimate of drug-likeness (QED) is 0.773. The summed E-state index contributed by atoms with van der Waals surface area (Å²) in [6, 6.07) is 12.0. The normalized spacial score (nSPS) is 17.0. The zero-order chi connectivity index (χ0) is 18.8. The number of imide groups is 1. The van der Waals surface area contributed by atoms with Gasteiger partial charge in [0.1, 0.15) is 17.5 Å². The van der Waals surface area contributed by atoms with Crippen molar-refractivity contribution in [2.75, 3.05) is 19.1 Å². The van der Waals surface area contributed by atoms with Crippen LogP contribution in [0, 0.1) is 6.92 Å². The first-order valence-corrected chi connectivity index (χ1v) is 8.38. The van der Waals surface area contributed by atoms with Gasteiger partial charge < -0.3 is 9.47 Å². The Morgan fingerprint density at radius 1 is 1.00 bits per heavy atom. The second-order valence-electron chi connectivity index (χ2n) is 6.27. The van der Waals surface area contributed by atoms with Gasteiger partial charge in [-0.3, -0.25) is 14.6 Å². The molecule has 3 amide bonds. The number of rotatable bonds is 5. The summed E-state index contributed by atoms with van der Waals surface area (Å²) in [6.45, 7) is 3.85. The standard InChI is InChI=1S/C20H22N2O4/c1-13-5-7-16(8-6-13)22-14(2)19(23)21(20(22)24)12-15-11-17(25-3)9-10-18(15)26-4/h5-11,14H,12H2,1-4H3/t14-/m1/s1. The number of hydrogen-bond donors (Lipinski definition) is 0. The van der Waals surface area contributed by atoms with Crippen molar-refractivity contribution in [3.8, 4) is 11.5 Å². The molecule has 0 aliphatic carbocycles. The van der Waals surface area contributed by atoms with Crippen LogP contribution in [0.3, 0.4) is 0 Å². The molecule has 1 atom stereocenters. The SMILES string of the molecule is COc1ccc(OC)c(CN2C(=O)[C@@H](C)N(c3ccc(C)cc3)C2=O)c1. The maximum atomic E-state index is 12.9. The van der Waals surface area contributed by atoms with E-state index in [9.17, 15) is 9.59 Å². The van der Waals surface area contributed by atoms with Gasteiger partial charge in [0, 0.05) is 11.3 Å². The van der Waals surface area contributed by atoms with Gasteiger partial charge in [-0.1, -0.05) is 17.7 Å². The molecule has 1 aliphatic rings. The molecule has 2 aromatic rings. The molecule has 0 saturated carbocycles. The second kappa shape index (κ2) is 7.07. The number of urea groups is 1. The molecule has 3 rings (SSSR count). The van der Waals surface area contributed by atoms with Gasteiger partial charge in [0.2, 0.25) is 0 Å². The smallest absolute Gasteiger partial charge is 0.332 e. The van der Waals surface area contributed by atoms with Crippen LogP contribution >= 0.6 is 0 Å². The highest BCUT2D eigenvalue weighted by molar-refractivity contribution is 6.14. The van der Waals surface area contributed by atoms with E-state index in [4.69, 9.17) is 9.47 Å². The van der Waals surface area contributed by atoms with Crippen LogP contribution in [0.15, 0.2) is 42.5 Å². The zero-order valence-corrected chi connectivity index (χ0v) is 15.4. The van der Waals surface area contributed by atoms with Gasteiger partial charge in [0.05, 0.1) is 20.8 Å². The Morgan fingerprint density at radius 2 is 1.69 bits per heavy atom. The molecule has 0 radical (unpaired) electrons. The maximum absolute atomic E-state index is 12.9. The molecule has 0 N–H and O–H groups in total. The molecule has 0 bridgehead atoms. The Hall–Kier alpha value is -3.02. The Morgan fingerprint density at radius 3 is 2.31 bits per heavy atom. The summed E-state index contributed by atoms with van der Waals surface area (Å²) in [4.78, 5) is 28.4. The Labute approximate surface area is 152 Å². The summed E-state index contributed by atoms with van der Waals surface area (Å²) in [5, 5.41) is 0. The summed E-state index contributed by atoms with van der Waals surface area (Å²) in [6.07, 6.45) is 0. The molecule has 1 fully saturated rings. The van der Waals surface area contributed by atoms with Gasteiger partial charge in [0.15, 0.2) is 0 Å². The van der Waals surface area contributed by atoms with Gasteiger partial charge in [-0.2, -0.15) is 0 Å². The number of amides is 3. The third-order valence-electron chi connectivity index (χ3n) is 4.58. The van der Waals surface area contributed by atoms with E-state index in [-0.39, 0.29) is 18.5 Å². The van der Waals surface area contributed by atoms with Crippen LogP contribution in [0.2, 0.25) is 0 Å². The Bertz CT molecular complexity index is 832. The Balaban J connectivity index is 1.91. The molecule has 1 aliphatic heterocycles. The monoisotopic (exact) mass is 354 g/mol. The highest BCUT2D eigenvalue weighted by atomic mass is 16.5. The van der Waals surface area contributed by atoms with E-state index in [1.165, 1.54) is 9.80 Å². The number of ether oxygens (including phenoxy) is 2. The number of hydrogen-bond acceptors (Lipinski definition) is 4. The topological polar surface area (TPSA) is 59.1 Å². The molecule has 136 valence electrons. The van der Waals surface area contributed by atoms with Crippen molar-refractivity contribution in [1.82, 2.24) is 4.90 Å². The van der Waals surface area contributed by atoms with E-state index in [0.29, 0.717) is 22.7 Å². The van der Waals surface area contributed by atoms with Crippen LogP contribution in [0.25, 0.3) is 0 Å². The lowest BCUT2D eigenvalue weighted by atomic mass is 10.1. The fourth-order valence-corrected chi connectivity index (χ4v) is 3.09. The van der Waals surface area contributed by atoms with Crippen molar-refractivity contribution in [3.63, 3.8) is 0 Å². The average Bonchev–Trinajstić information content (AvgIpc) is 2.86. The molecular weight excluding hydrogens is 332 g/mol. The summed E-state index contributed by atoms with van der Waals surface area (Å²) in [7, 11) is 3.12. The molecule has 2 aromatic carbocycles. The molecule has 6 nitrogen and oxygen atoms in total. The largest absolute Gasteiger partial charge is 0.497 e. The fraction of sp³-hybridized carbons (Fsp3) is 0.300. The molecule has 0 spiro atoms. The lowest BCUT2D eigenvalue weighted by molar-refractivity contribution is -0.127. The first kappa shape index (κ1) is 17.8. The number of anilines is 1. The van der Waals surface area contributed by atoms with E-state index in [1.54, 1.807) is 39.3 Å². The number of methoxy groups -OCH3 is 2. The van der Waals surface area contributed by atoms with Crippen molar-refractivity contribution in [2.24, 2.45) is 0 Å². The van der Waals surface area contributed by atoms with Crippen LogP contribution in [-0.2, 0) is 11.3 Å². The molecule has 6 heteroatoms. The van der Waals surface area contributed by atoms with Gasteiger partial charge in [-0.05, 0) is 44.2 Å². The number of carbonyl (C=O) groups excluding carboxylic acids is 2. The molecule has 26 heavy (non-hydrogen) atoms. The minimum absolute atomic E-state index is 0.130. The first-order valence-electron chi connectivity index (χ1n) is 8.38. The van der Waals surface area contributed by atoms with E-state index >= 15 is 0 Å². The van der Waals surface area contributed by atoms with Crippen molar-refractivity contribution in [3.05, 3.63) is 53.6 Å². The first-order chi connectivity index (χ1) is 12.5. The van der Waals surface area contributed by atoms with Gasteiger partial charge in [-0.15, -0.1) is 0 Å². The van der Waals surface area contributed by atoms with Crippen molar-refractivity contribution in [1.29, 1.82) is 0 Å². The summed E-state index contributed by atoms with van der Waals surface area (Å²) < 4.78 is 10.6. The van der Waals surface area contributed by atoms with Crippen LogP contribution in [0.4, 0.5) is 10.5 Å². The van der Waals surface area contributed by atoms with Crippen molar-refractivity contribution in [2.45, 2.75) is 26.4 Å². The average molecular weight is 354 g/mol.